The third kappa shape index (κ3) is 122. The molecule has 10 unspecified atom stereocenters. The van der Waals surface area contributed by atoms with Gasteiger partial charge in [0.1, 0.15) is 0 Å². The standard InChI is InChI=1S/4C7H16NO.6C6H14NO.4C5H12NO.2C4H10NO.8Sn/c2*1-4-7(9)6-8(3)5-2;2*1-4-8(5-2)6-7(3)9;2*1-4-6(8)5-7(2)3;2*1-4-7(3)5-6(2)8;2*1-3-7(4-2)5-6-8;2*1-5(7)4-6(2)3;2*1-3-6(2)4-5-7;2*1-5(2)3-4-6;;;;;;;;/h4*7H,4-6H2,1-3H3;4*6H,4-5H2,1-3H3;2*3-6H2,1-2H3;2*5H,4H2,1-3H3;2*3-5H2,1-2H3;2*3-4H2,1-2H3;;;;;;;;/q16*-1;8*+2. The maximum absolute atomic E-state index is 6.00. The van der Waals surface area contributed by atoms with Crippen LogP contribution in [0.3, 0.4) is 0 Å². The molecule has 0 spiro atoms. The van der Waals surface area contributed by atoms with E-state index in [0.717, 1.165) is 262 Å². The van der Waals surface area contributed by atoms with Gasteiger partial charge < -0.3 is 0 Å². The molecule has 0 heterocycles. The maximum atomic E-state index is 6.00. The summed E-state index contributed by atoms with van der Waals surface area (Å²) in [5.41, 5.74) is 0. The summed E-state index contributed by atoms with van der Waals surface area (Å²) in [4.78, 5) is 36.0. The third-order valence-electron chi connectivity index (χ3n) is 20.4. The van der Waals surface area contributed by atoms with Crippen LogP contribution in [0.15, 0.2) is 0 Å². The molecule has 0 saturated heterocycles. The Balaban J connectivity index is -0.000000222. The van der Waals surface area contributed by atoms with Crippen molar-refractivity contribution in [3.63, 3.8) is 0 Å². The van der Waals surface area contributed by atoms with Gasteiger partial charge in [-0.3, -0.25) is 0 Å². The van der Waals surface area contributed by atoms with E-state index >= 15 is 0 Å². The monoisotopic (exact) mass is 2760 g/mol. The van der Waals surface area contributed by atoms with E-state index in [1.54, 1.807) is 0 Å². The Bertz CT molecular complexity index is 2050. The van der Waals surface area contributed by atoms with Crippen molar-refractivity contribution in [1.82, 2.24) is 78.4 Å². The van der Waals surface area contributed by atoms with Crippen LogP contribution in [0.4, 0.5) is 0 Å². The van der Waals surface area contributed by atoms with Crippen LogP contribution in [0, 0.1) is 0 Å². The van der Waals surface area contributed by atoms with Crippen molar-refractivity contribution in [2.45, 2.75) is 253 Å². The minimum absolute atomic E-state index is 0.290. The number of hydrogen-bond donors (Lipinski definition) is 0. The zero-order valence-corrected chi connectivity index (χ0v) is 117. The number of rotatable bonds is 82. The topological polar surface area (TPSA) is 200 Å². The first kappa shape index (κ1) is 152. The summed E-state index contributed by atoms with van der Waals surface area (Å²) in [5.74, 6) is 0. The van der Waals surface area contributed by atoms with Gasteiger partial charge in [-0.1, -0.05) is 0 Å². The summed E-state index contributed by atoms with van der Waals surface area (Å²) < 4.78 is 91.6. The predicted molar refractivity (Wildman–Crippen MR) is 567 cm³/mol. The fraction of sp³-hybridized carbons (Fsp3) is 1.00. The normalized spacial score (nSPS) is 14.1. The van der Waals surface area contributed by atoms with Gasteiger partial charge in [0.15, 0.2) is 0 Å². The van der Waals surface area contributed by atoms with Crippen molar-refractivity contribution in [2.24, 2.45) is 0 Å². The number of likely N-dealkylation sites (N-methyl/N-ethyl adjacent to an activating group) is 16. The Morgan fingerprint density at radius 3 is 0.561 bits per heavy atom. The molecular formula is C92H216N16O16Sn8. The fourth-order valence-corrected chi connectivity index (χ4v) is 23.6. The van der Waals surface area contributed by atoms with Gasteiger partial charge in [-0.25, -0.2) is 0 Å². The Labute approximate surface area is 909 Å². The van der Waals surface area contributed by atoms with E-state index in [9.17, 15) is 0 Å². The molecule has 16 radical (unpaired) electrons. The molecule has 0 aliphatic rings. The molecule has 0 bridgehead atoms. The van der Waals surface area contributed by atoms with E-state index in [1.807, 2.05) is 28.2 Å². The first-order valence-corrected chi connectivity index (χ1v) is 68.4. The molecule has 132 heavy (non-hydrogen) atoms. The van der Waals surface area contributed by atoms with E-state index in [4.69, 9.17) is 49.2 Å². The van der Waals surface area contributed by atoms with Crippen molar-refractivity contribution >= 4 is 176 Å². The van der Waals surface area contributed by atoms with E-state index in [-0.39, 0.29) is 12.2 Å². The van der Waals surface area contributed by atoms with Crippen LogP contribution >= 0.6 is 0 Å². The molecule has 0 aromatic carbocycles. The van der Waals surface area contributed by atoms with Crippen LogP contribution in [0.1, 0.15) is 192 Å². The minimum atomic E-state index is -1.14. The first-order chi connectivity index (χ1) is 62.6. The second-order valence-electron chi connectivity index (χ2n) is 34.8. The van der Waals surface area contributed by atoms with Crippen LogP contribution in [0.25, 0.3) is 0 Å². The Morgan fingerprint density at radius 2 is 0.356 bits per heavy atom. The van der Waals surface area contributed by atoms with Crippen molar-refractivity contribution < 1.29 is 49.2 Å². The fourth-order valence-electron chi connectivity index (χ4n) is 10.7. The molecule has 0 aromatic rings. The molecule has 0 aromatic heterocycles. The van der Waals surface area contributed by atoms with Crippen molar-refractivity contribution in [1.29, 1.82) is 0 Å². The molecule has 0 N–H and O–H groups in total. The van der Waals surface area contributed by atoms with Crippen LogP contribution in [0.2, 0.25) is 0 Å². The first-order valence-electron chi connectivity index (χ1n) is 49.8. The predicted octanol–water partition coefficient (Wildman–Crippen LogP) is 8.32. The molecule has 32 nitrogen and oxygen atoms in total. The van der Waals surface area contributed by atoms with Gasteiger partial charge in [0, 0.05) is 0 Å². The van der Waals surface area contributed by atoms with Gasteiger partial charge in [0.05, 0.1) is 0 Å². The van der Waals surface area contributed by atoms with Crippen LogP contribution < -0.4 is 0 Å². The second-order valence-corrected chi connectivity index (χ2v) is 50.3. The number of hydrogen-bond acceptors (Lipinski definition) is 32. The van der Waals surface area contributed by atoms with Crippen molar-refractivity contribution in [2.75, 3.05) is 363 Å². The SMILES string of the molecule is CC(CN(C)C)[O][Sn][O]C(C)CN(C)C.CCC(CN(C)C)[O][Sn][O]C(CC)CN(C)C.CCC(CN(C)CC)[O][Sn][O]C(CC)CN(C)CC.CCN(C)CC(C)[O][Sn][O]C(C)CN(C)CC.CCN(C)CC[O][Sn][O]CCN(C)CC.CCN(CC)CC(C)[O][Sn][O]C(C)CN(CC)CC.CCN(CC)CC[O][Sn][O]CCN(CC)CC.CN(C)CC[O][Sn][O]CCN(C)C. The molecule has 40 heteroatoms. The molecule has 0 aliphatic carbocycles. The molecule has 10 atom stereocenters. The van der Waals surface area contributed by atoms with Crippen molar-refractivity contribution in [3.05, 3.63) is 0 Å². The molecule has 792 valence electrons. The molecule has 0 amide bonds. The van der Waals surface area contributed by atoms with Gasteiger partial charge in [-0.15, -0.1) is 0 Å². The summed E-state index contributed by atoms with van der Waals surface area (Å²) in [7, 11) is 37.4. The Hall–Kier alpha value is 5.11. The molecule has 0 rings (SSSR count). The van der Waals surface area contributed by atoms with E-state index < -0.39 is 176 Å². The van der Waals surface area contributed by atoms with Gasteiger partial charge in [-0.05, 0) is 0 Å². The summed E-state index contributed by atoms with van der Waals surface area (Å²) in [5, 5.41) is 0. The second kappa shape index (κ2) is 115. The van der Waals surface area contributed by atoms with E-state index in [0.29, 0.717) is 48.8 Å². The average Bonchev–Trinajstić information content (AvgIpc) is 0.966. The zero-order valence-electron chi connectivity index (χ0n) is 93.7. The zero-order chi connectivity index (χ0) is 102. The van der Waals surface area contributed by atoms with Crippen LogP contribution in [-0.4, -0.2) is 678 Å². The van der Waals surface area contributed by atoms with Gasteiger partial charge in [-0.2, -0.15) is 0 Å². The van der Waals surface area contributed by atoms with Gasteiger partial charge in [0.25, 0.3) is 0 Å². The van der Waals surface area contributed by atoms with Crippen LogP contribution in [0.5, 0.6) is 0 Å². The summed E-state index contributed by atoms with van der Waals surface area (Å²) in [6.45, 7) is 88.1. The number of nitrogens with zero attached hydrogens (tertiary/aromatic N) is 16. The summed E-state index contributed by atoms with van der Waals surface area (Å²) in [6, 6.07) is 0. The van der Waals surface area contributed by atoms with Gasteiger partial charge in [0.2, 0.25) is 0 Å². The van der Waals surface area contributed by atoms with Crippen LogP contribution in [-0.2, 0) is 49.2 Å². The summed E-state index contributed by atoms with van der Waals surface area (Å²) in [6.07, 6.45) is 7.40. The summed E-state index contributed by atoms with van der Waals surface area (Å²) >= 11 is -8.61. The van der Waals surface area contributed by atoms with E-state index in [1.165, 1.54) is 0 Å². The third-order valence-corrected chi connectivity index (χ3v) is 39.3. The Morgan fingerprint density at radius 1 is 0.167 bits per heavy atom. The quantitative estimate of drug-likeness (QED) is 0.0415. The molecule has 0 saturated carbocycles. The van der Waals surface area contributed by atoms with E-state index in [2.05, 4.69) is 343 Å². The molecule has 0 aliphatic heterocycles. The van der Waals surface area contributed by atoms with Gasteiger partial charge >= 0.3 is 919 Å². The van der Waals surface area contributed by atoms with Crippen molar-refractivity contribution in [3.8, 4) is 0 Å². The average molecular weight is 2750 g/mol. The molecule has 0 fully saturated rings. The molecular weight excluding hydrogens is 2530 g/mol. The Kier molecular flexibility index (Phi) is 133.